The SMILES string of the molecule is CSc1cc(-c2ccc(Cl)cc2)on1. The number of hydrogen-bond donors (Lipinski definition) is 0. The van der Waals surface area contributed by atoms with Gasteiger partial charge in [0.25, 0.3) is 0 Å². The van der Waals surface area contributed by atoms with Crippen LogP contribution in [0.4, 0.5) is 0 Å². The summed E-state index contributed by atoms with van der Waals surface area (Å²) in [5.41, 5.74) is 0.988. The summed E-state index contributed by atoms with van der Waals surface area (Å²) in [6.07, 6.45) is 1.96. The van der Waals surface area contributed by atoms with Gasteiger partial charge in [-0.25, -0.2) is 0 Å². The molecule has 14 heavy (non-hydrogen) atoms. The van der Waals surface area contributed by atoms with Crippen molar-refractivity contribution in [2.75, 3.05) is 6.26 Å². The van der Waals surface area contributed by atoms with Crippen LogP contribution >= 0.6 is 23.4 Å². The molecule has 0 fully saturated rings. The molecule has 4 heteroatoms. The number of thioether (sulfide) groups is 1. The summed E-state index contributed by atoms with van der Waals surface area (Å²) in [5, 5.41) is 5.49. The van der Waals surface area contributed by atoms with Crippen molar-refractivity contribution < 1.29 is 4.52 Å². The van der Waals surface area contributed by atoms with Crippen molar-refractivity contribution in [2.24, 2.45) is 0 Å². The minimum atomic E-state index is 0.721. The molecule has 1 aromatic carbocycles. The highest BCUT2D eigenvalue weighted by Crippen LogP contribution is 2.25. The largest absolute Gasteiger partial charge is 0.355 e. The van der Waals surface area contributed by atoms with Crippen LogP contribution in [-0.4, -0.2) is 11.4 Å². The first-order valence-corrected chi connectivity index (χ1v) is 5.66. The minimum absolute atomic E-state index is 0.721. The van der Waals surface area contributed by atoms with Crippen molar-refractivity contribution in [3.05, 3.63) is 35.4 Å². The third-order valence-corrected chi connectivity index (χ3v) is 2.69. The summed E-state index contributed by atoms with van der Waals surface area (Å²) >= 11 is 7.34. The Bertz CT molecular complexity index is 424. The van der Waals surface area contributed by atoms with E-state index in [0.717, 1.165) is 21.4 Å². The van der Waals surface area contributed by atoms with Crippen LogP contribution in [0, 0.1) is 0 Å². The Kier molecular flexibility index (Phi) is 2.79. The van der Waals surface area contributed by atoms with Crippen LogP contribution in [0.5, 0.6) is 0 Å². The number of rotatable bonds is 2. The maximum Gasteiger partial charge on any atom is 0.168 e. The van der Waals surface area contributed by atoms with Crippen molar-refractivity contribution in [1.29, 1.82) is 0 Å². The lowest BCUT2D eigenvalue weighted by Gasteiger charge is -1.93. The van der Waals surface area contributed by atoms with E-state index < -0.39 is 0 Å². The molecular formula is C10H8ClNOS. The van der Waals surface area contributed by atoms with E-state index in [9.17, 15) is 0 Å². The minimum Gasteiger partial charge on any atom is -0.355 e. The molecule has 0 amide bonds. The normalized spacial score (nSPS) is 10.4. The molecule has 0 unspecified atom stereocenters. The van der Waals surface area contributed by atoms with Gasteiger partial charge >= 0.3 is 0 Å². The summed E-state index contributed by atoms with van der Waals surface area (Å²) in [4.78, 5) is 0. The van der Waals surface area contributed by atoms with Gasteiger partial charge < -0.3 is 4.52 Å². The maximum atomic E-state index is 5.78. The highest BCUT2D eigenvalue weighted by atomic mass is 35.5. The fraction of sp³-hybridized carbons (Fsp3) is 0.100. The van der Waals surface area contributed by atoms with Crippen molar-refractivity contribution in [2.45, 2.75) is 5.03 Å². The summed E-state index contributed by atoms with van der Waals surface area (Å²) in [7, 11) is 0. The molecule has 2 aromatic rings. The van der Waals surface area contributed by atoms with Crippen LogP contribution in [0.2, 0.25) is 5.02 Å². The zero-order chi connectivity index (χ0) is 9.97. The van der Waals surface area contributed by atoms with Gasteiger partial charge in [-0.2, -0.15) is 0 Å². The van der Waals surface area contributed by atoms with Crippen molar-refractivity contribution >= 4 is 23.4 Å². The first-order chi connectivity index (χ1) is 6.79. The summed E-state index contributed by atoms with van der Waals surface area (Å²) in [6, 6.07) is 9.39. The zero-order valence-corrected chi connectivity index (χ0v) is 9.10. The highest BCUT2D eigenvalue weighted by molar-refractivity contribution is 7.98. The van der Waals surface area contributed by atoms with Crippen LogP contribution in [0.15, 0.2) is 39.9 Å². The Balaban J connectivity index is 2.34. The van der Waals surface area contributed by atoms with Gasteiger partial charge in [0.05, 0.1) is 0 Å². The van der Waals surface area contributed by atoms with E-state index in [1.54, 1.807) is 11.8 Å². The summed E-state index contributed by atoms with van der Waals surface area (Å²) in [6.45, 7) is 0. The van der Waals surface area contributed by atoms with E-state index in [0.29, 0.717) is 0 Å². The fourth-order valence-corrected chi connectivity index (χ4v) is 1.57. The Labute approximate surface area is 91.2 Å². The predicted octanol–water partition coefficient (Wildman–Crippen LogP) is 3.72. The van der Waals surface area contributed by atoms with Gasteiger partial charge in [0.2, 0.25) is 0 Å². The average molecular weight is 226 g/mol. The Morgan fingerprint density at radius 3 is 2.57 bits per heavy atom. The molecule has 0 bridgehead atoms. The van der Waals surface area contributed by atoms with Gasteiger partial charge in [-0.05, 0) is 30.5 Å². The lowest BCUT2D eigenvalue weighted by molar-refractivity contribution is 0.415. The van der Waals surface area contributed by atoms with Gasteiger partial charge in [0, 0.05) is 16.7 Å². The smallest absolute Gasteiger partial charge is 0.168 e. The first-order valence-electron chi connectivity index (χ1n) is 4.06. The third kappa shape index (κ3) is 1.94. The molecule has 0 N–H and O–H groups in total. The molecule has 2 nitrogen and oxygen atoms in total. The van der Waals surface area contributed by atoms with Gasteiger partial charge in [-0.1, -0.05) is 16.8 Å². The maximum absolute atomic E-state index is 5.78. The molecule has 0 aliphatic rings. The molecule has 0 saturated carbocycles. The molecule has 0 atom stereocenters. The third-order valence-electron chi connectivity index (χ3n) is 1.83. The quantitative estimate of drug-likeness (QED) is 0.729. The molecule has 72 valence electrons. The zero-order valence-electron chi connectivity index (χ0n) is 7.53. The summed E-state index contributed by atoms with van der Waals surface area (Å²) in [5.74, 6) is 0.769. The Morgan fingerprint density at radius 1 is 1.29 bits per heavy atom. The van der Waals surface area contributed by atoms with Crippen LogP contribution < -0.4 is 0 Å². The van der Waals surface area contributed by atoms with Crippen molar-refractivity contribution in [3.63, 3.8) is 0 Å². The number of nitrogens with zero attached hydrogens (tertiary/aromatic N) is 1. The topological polar surface area (TPSA) is 26.0 Å². The highest BCUT2D eigenvalue weighted by Gasteiger charge is 2.04. The van der Waals surface area contributed by atoms with E-state index in [2.05, 4.69) is 5.16 Å². The van der Waals surface area contributed by atoms with Gasteiger partial charge in [-0.15, -0.1) is 11.8 Å². The Morgan fingerprint density at radius 2 is 2.00 bits per heavy atom. The lowest BCUT2D eigenvalue weighted by Crippen LogP contribution is -1.71. The molecule has 0 spiro atoms. The van der Waals surface area contributed by atoms with Crippen LogP contribution in [0.3, 0.4) is 0 Å². The predicted molar refractivity (Wildman–Crippen MR) is 58.7 cm³/mol. The van der Waals surface area contributed by atoms with Crippen LogP contribution in [-0.2, 0) is 0 Å². The van der Waals surface area contributed by atoms with Crippen molar-refractivity contribution in [3.8, 4) is 11.3 Å². The van der Waals surface area contributed by atoms with E-state index in [1.165, 1.54) is 0 Å². The second-order valence-corrected chi connectivity index (χ2v) is 4.00. The van der Waals surface area contributed by atoms with E-state index in [1.807, 2.05) is 36.6 Å². The average Bonchev–Trinajstić information content (AvgIpc) is 2.67. The van der Waals surface area contributed by atoms with Crippen molar-refractivity contribution in [1.82, 2.24) is 5.16 Å². The van der Waals surface area contributed by atoms with Crippen LogP contribution in [0.1, 0.15) is 0 Å². The first kappa shape index (κ1) is 9.62. The molecule has 2 rings (SSSR count). The second kappa shape index (κ2) is 4.07. The fourth-order valence-electron chi connectivity index (χ4n) is 1.11. The second-order valence-electron chi connectivity index (χ2n) is 2.74. The molecule has 1 aromatic heterocycles. The number of benzene rings is 1. The monoisotopic (exact) mass is 225 g/mol. The number of aromatic nitrogens is 1. The van der Waals surface area contributed by atoms with Gasteiger partial charge in [0.15, 0.2) is 5.76 Å². The molecule has 0 aliphatic carbocycles. The Hall–Kier alpha value is -0.930. The van der Waals surface area contributed by atoms with Crippen LogP contribution in [0.25, 0.3) is 11.3 Å². The molecule has 0 radical (unpaired) electrons. The van der Waals surface area contributed by atoms with E-state index >= 15 is 0 Å². The van der Waals surface area contributed by atoms with Gasteiger partial charge in [-0.3, -0.25) is 0 Å². The number of halogens is 1. The lowest BCUT2D eigenvalue weighted by atomic mass is 10.2. The molecule has 0 saturated heterocycles. The molecular weight excluding hydrogens is 218 g/mol. The summed E-state index contributed by atoms with van der Waals surface area (Å²) < 4.78 is 5.17. The van der Waals surface area contributed by atoms with E-state index in [4.69, 9.17) is 16.1 Å². The number of hydrogen-bond acceptors (Lipinski definition) is 3. The standard InChI is InChI=1S/C10H8ClNOS/c1-14-10-6-9(13-12-10)7-2-4-8(11)5-3-7/h2-6H,1H3. The molecule has 0 aliphatic heterocycles. The molecule has 1 heterocycles. The van der Waals surface area contributed by atoms with E-state index in [-0.39, 0.29) is 0 Å². The van der Waals surface area contributed by atoms with Gasteiger partial charge in [0.1, 0.15) is 5.03 Å².